The van der Waals surface area contributed by atoms with Gasteiger partial charge in [0.2, 0.25) is 0 Å². The molecule has 0 aliphatic carbocycles. The third-order valence-corrected chi connectivity index (χ3v) is 3.03. The van der Waals surface area contributed by atoms with Crippen LogP contribution in [0.2, 0.25) is 5.02 Å². The van der Waals surface area contributed by atoms with E-state index in [1.165, 1.54) is 0 Å². The molecule has 1 saturated heterocycles. The minimum absolute atomic E-state index is 0.355. The van der Waals surface area contributed by atoms with Crippen LogP contribution in [0.3, 0.4) is 0 Å². The van der Waals surface area contributed by atoms with Crippen LogP contribution in [0.1, 0.15) is 5.56 Å². The molecule has 1 aromatic rings. The molecule has 0 saturated carbocycles. The molecule has 16 heavy (non-hydrogen) atoms. The number of halogens is 1. The Kier molecular flexibility index (Phi) is 3.04. The van der Waals surface area contributed by atoms with Crippen molar-refractivity contribution in [3.8, 4) is 6.07 Å². The first kappa shape index (κ1) is 11.3. The third-order valence-electron chi connectivity index (χ3n) is 2.80. The summed E-state index contributed by atoms with van der Waals surface area (Å²) in [5.41, 5.74) is 1.75. The van der Waals surface area contributed by atoms with Crippen molar-refractivity contribution in [2.75, 3.05) is 25.1 Å². The average Bonchev–Trinajstić information content (AvgIpc) is 2.19. The van der Waals surface area contributed by atoms with E-state index in [9.17, 15) is 0 Å². The molecule has 3 nitrogen and oxygen atoms in total. The molecule has 4 heteroatoms. The van der Waals surface area contributed by atoms with Gasteiger partial charge in [0.05, 0.1) is 19.3 Å². The summed E-state index contributed by atoms with van der Waals surface area (Å²) in [6, 6.07) is 7.98. The topological polar surface area (TPSA) is 45.0 Å². The maximum absolute atomic E-state index is 9.04. The second kappa shape index (κ2) is 4.32. The van der Waals surface area contributed by atoms with E-state index in [2.05, 4.69) is 11.4 Å². The van der Waals surface area contributed by atoms with Crippen molar-refractivity contribution in [3.63, 3.8) is 0 Å². The molecule has 0 amide bonds. The fraction of sp³-hybridized carbons (Fsp3) is 0.417. The second-order valence-electron chi connectivity index (χ2n) is 4.20. The second-order valence-corrected chi connectivity index (χ2v) is 4.63. The van der Waals surface area contributed by atoms with Gasteiger partial charge in [-0.05, 0) is 30.7 Å². The zero-order valence-electron chi connectivity index (χ0n) is 9.09. The van der Waals surface area contributed by atoms with E-state index in [-0.39, 0.29) is 5.41 Å². The summed E-state index contributed by atoms with van der Waals surface area (Å²) in [4.78, 5) is 0. The number of nitriles is 1. The molecule has 0 aromatic heterocycles. The van der Waals surface area contributed by atoms with Crippen molar-refractivity contribution in [2.45, 2.75) is 6.92 Å². The molecule has 2 rings (SSSR count). The van der Waals surface area contributed by atoms with Crippen molar-refractivity contribution in [3.05, 3.63) is 28.8 Å². The Labute approximate surface area is 100.0 Å². The zero-order chi connectivity index (χ0) is 11.6. The highest BCUT2D eigenvalue weighted by molar-refractivity contribution is 6.30. The van der Waals surface area contributed by atoms with Gasteiger partial charge in [-0.1, -0.05) is 11.6 Å². The van der Waals surface area contributed by atoms with Gasteiger partial charge in [0.1, 0.15) is 5.41 Å². The highest BCUT2D eigenvalue weighted by Crippen LogP contribution is 2.28. The minimum Gasteiger partial charge on any atom is -0.383 e. The van der Waals surface area contributed by atoms with E-state index in [1.807, 2.05) is 25.1 Å². The van der Waals surface area contributed by atoms with Crippen LogP contribution >= 0.6 is 11.6 Å². The molecule has 1 N–H and O–H groups in total. The Bertz CT molecular complexity index is 435. The van der Waals surface area contributed by atoms with Crippen LogP contribution in [0, 0.1) is 23.7 Å². The van der Waals surface area contributed by atoms with Crippen molar-refractivity contribution < 1.29 is 4.74 Å². The number of aryl methyl sites for hydroxylation is 1. The van der Waals surface area contributed by atoms with Crippen molar-refractivity contribution in [2.24, 2.45) is 5.41 Å². The van der Waals surface area contributed by atoms with E-state index >= 15 is 0 Å². The number of ether oxygens (including phenoxy) is 1. The molecule has 1 aliphatic rings. The van der Waals surface area contributed by atoms with Crippen LogP contribution in [0.4, 0.5) is 5.69 Å². The van der Waals surface area contributed by atoms with Crippen LogP contribution in [0.15, 0.2) is 18.2 Å². The van der Waals surface area contributed by atoms with Crippen molar-refractivity contribution in [1.82, 2.24) is 0 Å². The van der Waals surface area contributed by atoms with Gasteiger partial charge in [-0.25, -0.2) is 0 Å². The minimum atomic E-state index is -0.355. The number of rotatable bonds is 3. The third kappa shape index (κ3) is 2.13. The van der Waals surface area contributed by atoms with Crippen LogP contribution < -0.4 is 5.32 Å². The number of benzene rings is 1. The largest absolute Gasteiger partial charge is 0.383 e. The normalized spacial score (nSPS) is 17.3. The van der Waals surface area contributed by atoms with Gasteiger partial charge in [-0.3, -0.25) is 0 Å². The van der Waals surface area contributed by atoms with Crippen LogP contribution in [0.25, 0.3) is 0 Å². The van der Waals surface area contributed by atoms with E-state index in [1.54, 1.807) is 0 Å². The molecular formula is C12H13ClN2O. The van der Waals surface area contributed by atoms with Crippen LogP contribution in [-0.4, -0.2) is 19.8 Å². The molecule has 1 fully saturated rings. The van der Waals surface area contributed by atoms with E-state index in [0.29, 0.717) is 19.8 Å². The van der Waals surface area contributed by atoms with Crippen LogP contribution in [0.5, 0.6) is 0 Å². The SMILES string of the molecule is Cc1cc(Cl)ccc1NCC1(C#N)COC1. The van der Waals surface area contributed by atoms with Crippen molar-refractivity contribution in [1.29, 1.82) is 5.26 Å². The Hall–Kier alpha value is -1.24. The highest BCUT2D eigenvalue weighted by Gasteiger charge is 2.38. The van der Waals surface area contributed by atoms with Gasteiger partial charge in [-0.2, -0.15) is 5.26 Å². The van der Waals surface area contributed by atoms with E-state index in [4.69, 9.17) is 21.6 Å². The summed E-state index contributed by atoms with van der Waals surface area (Å²) in [6.07, 6.45) is 0. The lowest BCUT2D eigenvalue weighted by Gasteiger charge is -2.35. The highest BCUT2D eigenvalue weighted by atomic mass is 35.5. The molecule has 1 heterocycles. The number of anilines is 1. The Balaban J connectivity index is 2.02. The quantitative estimate of drug-likeness (QED) is 0.878. The van der Waals surface area contributed by atoms with Gasteiger partial charge in [0.15, 0.2) is 0 Å². The fourth-order valence-corrected chi connectivity index (χ4v) is 1.87. The molecule has 1 aromatic carbocycles. The maximum Gasteiger partial charge on any atom is 0.121 e. The lowest BCUT2D eigenvalue weighted by atomic mass is 9.88. The van der Waals surface area contributed by atoms with Gasteiger partial charge in [0.25, 0.3) is 0 Å². The number of hydrogen-bond donors (Lipinski definition) is 1. The standard InChI is InChI=1S/C12H13ClN2O/c1-9-4-10(13)2-3-11(9)15-6-12(5-14)7-16-8-12/h2-4,15H,6-8H2,1H3. The van der Waals surface area contributed by atoms with Crippen molar-refractivity contribution >= 4 is 17.3 Å². The first-order valence-electron chi connectivity index (χ1n) is 5.14. The Morgan fingerprint density at radius 3 is 2.81 bits per heavy atom. The molecule has 84 valence electrons. The number of hydrogen-bond acceptors (Lipinski definition) is 3. The number of nitrogens with zero attached hydrogens (tertiary/aromatic N) is 1. The predicted octanol–water partition coefficient (Wildman–Crippen LogP) is 2.60. The molecule has 0 radical (unpaired) electrons. The molecule has 0 unspecified atom stereocenters. The van der Waals surface area contributed by atoms with Gasteiger partial charge in [-0.15, -0.1) is 0 Å². The summed E-state index contributed by atoms with van der Waals surface area (Å²) in [5.74, 6) is 0. The molecule has 0 bridgehead atoms. The lowest BCUT2D eigenvalue weighted by Crippen LogP contribution is -2.46. The Morgan fingerprint density at radius 1 is 1.56 bits per heavy atom. The summed E-state index contributed by atoms with van der Waals surface area (Å²) < 4.78 is 5.08. The molecule has 0 atom stereocenters. The summed E-state index contributed by atoms with van der Waals surface area (Å²) in [7, 11) is 0. The zero-order valence-corrected chi connectivity index (χ0v) is 9.84. The molecular weight excluding hydrogens is 224 g/mol. The molecule has 1 aliphatic heterocycles. The number of nitrogens with one attached hydrogen (secondary N) is 1. The van der Waals surface area contributed by atoms with Gasteiger partial charge >= 0.3 is 0 Å². The molecule has 0 spiro atoms. The summed E-state index contributed by atoms with van der Waals surface area (Å²) >= 11 is 5.87. The van der Waals surface area contributed by atoms with Gasteiger partial charge in [0, 0.05) is 17.3 Å². The maximum atomic E-state index is 9.04. The summed E-state index contributed by atoms with van der Waals surface area (Å²) in [5, 5.41) is 13.0. The van der Waals surface area contributed by atoms with Crippen LogP contribution in [-0.2, 0) is 4.74 Å². The first-order chi connectivity index (χ1) is 7.65. The smallest absolute Gasteiger partial charge is 0.121 e. The monoisotopic (exact) mass is 236 g/mol. The lowest BCUT2D eigenvalue weighted by molar-refractivity contribution is -0.0690. The average molecular weight is 237 g/mol. The van der Waals surface area contributed by atoms with Gasteiger partial charge < -0.3 is 10.1 Å². The fourth-order valence-electron chi connectivity index (χ4n) is 1.64. The summed E-state index contributed by atoms with van der Waals surface area (Å²) in [6.45, 7) is 3.64. The van der Waals surface area contributed by atoms with E-state index in [0.717, 1.165) is 16.3 Å². The Morgan fingerprint density at radius 2 is 2.31 bits per heavy atom. The first-order valence-corrected chi connectivity index (χ1v) is 5.52. The predicted molar refractivity (Wildman–Crippen MR) is 63.5 cm³/mol. The van der Waals surface area contributed by atoms with E-state index < -0.39 is 0 Å².